The lowest BCUT2D eigenvalue weighted by Gasteiger charge is -2.08. The van der Waals surface area contributed by atoms with Gasteiger partial charge < -0.3 is 10.5 Å². The van der Waals surface area contributed by atoms with Gasteiger partial charge in [-0.05, 0) is 25.1 Å². The van der Waals surface area contributed by atoms with E-state index in [1.54, 1.807) is 37.3 Å². The van der Waals surface area contributed by atoms with Crippen LogP contribution in [0.5, 0.6) is 11.6 Å². The fourth-order valence-corrected chi connectivity index (χ4v) is 1.62. The average molecular weight is 260 g/mol. The first-order valence-corrected chi connectivity index (χ1v) is 5.58. The van der Waals surface area contributed by atoms with E-state index in [9.17, 15) is 0 Å². The highest BCUT2D eigenvalue weighted by molar-refractivity contribution is 6.32. The minimum atomic E-state index is 0.319. The molecule has 0 unspecified atom stereocenters. The number of nitrogens with two attached hydrogens (primary N) is 1. The minimum absolute atomic E-state index is 0.319. The van der Waals surface area contributed by atoms with E-state index in [-0.39, 0.29) is 0 Å². The van der Waals surface area contributed by atoms with Crippen molar-refractivity contribution < 1.29 is 4.74 Å². The Balaban J connectivity index is 2.37. The zero-order valence-electron chi connectivity index (χ0n) is 9.64. The second kappa shape index (κ2) is 4.94. The third-order valence-corrected chi connectivity index (χ3v) is 2.54. The van der Waals surface area contributed by atoms with Gasteiger partial charge in [-0.3, -0.25) is 0 Å². The normalized spacial score (nSPS) is 9.83. The Bertz CT molecular complexity index is 635. The van der Waals surface area contributed by atoms with Crippen molar-refractivity contribution in [1.82, 2.24) is 4.98 Å². The van der Waals surface area contributed by atoms with Gasteiger partial charge in [0.1, 0.15) is 5.75 Å². The number of nitriles is 1. The maximum atomic E-state index is 8.87. The summed E-state index contributed by atoms with van der Waals surface area (Å²) in [5.74, 6) is 0.734. The predicted octanol–water partition coefficient (Wildman–Crippen LogP) is 3.29. The van der Waals surface area contributed by atoms with Gasteiger partial charge in [-0.25, -0.2) is 4.98 Å². The highest BCUT2D eigenvalue weighted by Crippen LogP contribution is 2.30. The van der Waals surface area contributed by atoms with Crippen molar-refractivity contribution in [1.29, 1.82) is 5.26 Å². The van der Waals surface area contributed by atoms with Crippen molar-refractivity contribution in [2.45, 2.75) is 6.92 Å². The number of benzene rings is 1. The molecule has 0 fully saturated rings. The Morgan fingerprint density at radius 1 is 1.33 bits per heavy atom. The fraction of sp³-hybridized carbons (Fsp3) is 0.0769. The van der Waals surface area contributed by atoms with Crippen LogP contribution in [0.3, 0.4) is 0 Å². The summed E-state index contributed by atoms with van der Waals surface area (Å²) < 4.78 is 5.54. The van der Waals surface area contributed by atoms with Crippen LogP contribution in [0.15, 0.2) is 30.3 Å². The SMILES string of the molecule is Cc1cc(C#N)cc(Oc2cc(N)ccc2Cl)n1. The number of halogens is 1. The summed E-state index contributed by atoms with van der Waals surface area (Å²) in [5, 5.41) is 9.31. The number of anilines is 1. The molecule has 0 saturated heterocycles. The van der Waals surface area contributed by atoms with E-state index in [0.717, 1.165) is 0 Å². The number of nitrogens with zero attached hydrogens (tertiary/aromatic N) is 2. The second-order valence-corrected chi connectivity index (χ2v) is 4.15. The van der Waals surface area contributed by atoms with Crippen molar-refractivity contribution in [2.75, 3.05) is 5.73 Å². The first kappa shape index (κ1) is 12.2. The minimum Gasteiger partial charge on any atom is -0.437 e. The summed E-state index contributed by atoms with van der Waals surface area (Å²) in [6.07, 6.45) is 0. The van der Waals surface area contributed by atoms with Crippen LogP contribution in [0.25, 0.3) is 0 Å². The average Bonchev–Trinajstić information content (AvgIpc) is 2.33. The molecule has 0 radical (unpaired) electrons. The zero-order chi connectivity index (χ0) is 13.1. The van der Waals surface area contributed by atoms with E-state index in [1.165, 1.54) is 0 Å². The number of aryl methyl sites for hydroxylation is 1. The maximum absolute atomic E-state index is 8.87. The lowest BCUT2D eigenvalue weighted by Crippen LogP contribution is -1.93. The van der Waals surface area contributed by atoms with E-state index in [2.05, 4.69) is 4.98 Å². The van der Waals surface area contributed by atoms with Gasteiger partial charge in [0.05, 0.1) is 16.7 Å². The summed E-state index contributed by atoms with van der Waals surface area (Å²) in [6.45, 7) is 1.79. The second-order valence-electron chi connectivity index (χ2n) is 3.74. The van der Waals surface area contributed by atoms with Crippen LogP contribution in [0.1, 0.15) is 11.3 Å². The lowest BCUT2D eigenvalue weighted by molar-refractivity contribution is 0.462. The molecule has 0 aliphatic carbocycles. The third kappa shape index (κ3) is 2.70. The quantitative estimate of drug-likeness (QED) is 0.840. The van der Waals surface area contributed by atoms with Gasteiger partial charge in [0, 0.05) is 23.5 Å². The van der Waals surface area contributed by atoms with E-state index in [0.29, 0.717) is 33.6 Å². The van der Waals surface area contributed by atoms with E-state index < -0.39 is 0 Å². The molecule has 90 valence electrons. The number of nitrogen functional groups attached to an aromatic ring is 1. The van der Waals surface area contributed by atoms with Crippen molar-refractivity contribution >= 4 is 17.3 Å². The summed E-state index contributed by atoms with van der Waals surface area (Å²) in [6, 6.07) is 10.2. The van der Waals surface area contributed by atoms with Crippen LogP contribution in [-0.4, -0.2) is 4.98 Å². The first-order chi connectivity index (χ1) is 8.58. The molecule has 0 aliphatic heterocycles. The van der Waals surface area contributed by atoms with E-state index in [4.69, 9.17) is 27.3 Å². The van der Waals surface area contributed by atoms with Gasteiger partial charge in [-0.1, -0.05) is 11.6 Å². The van der Waals surface area contributed by atoms with Crippen LogP contribution in [0.4, 0.5) is 5.69 Å². The lowest BCUT2D eigenvalue weighted by atomic mass is 10.2. The summed E-state index contributed by atoms with van der Waals surface area (Å²) in [5.41, 5.74) is 7.38. The molecule has 0 amide bonds. The molecular formula is C13H10ClN3O. The smallest absolute Gasteiger partial charge is 0.220 e. The van der Waals surface area contributed by atoms with Crippen LogP contribution >= 0.6 is 11.6 Å². The molecule has 2 aromatic rings. The first-order valence-electron chi connectivity index (χ1n) is 5.20. The fourth-order valence-electron chi connectivity index (χ4n) is 1.47. The molecule has 1 aromatic heterocycles. The maximum Gasteiger partial charge on any atom is 0.220 e. The van der Waals surface area contributed by atoms with Gasteiger partial charge in [-0.15, -0.1) is 0 Å². The van der Waals surface area contributed by atoms with Gasteiger partial charge in [-0.2, -0.15) is 5.26 Å². The molecule has 2 rings (SSSR count). The largest absolute Gasteiger partial charge is 0.437 e. The molecular weight excluding hydrogens is 250 g/mol. The number of hydrogen-bond acceptors (Lipinski definition) is 4. The Hall–Kier alpha value is -2.25. The summed E-state index contributed by atoms with van der Waals surface area (Å²) in [7, 11) is 0. The molecule has 4 nitrogen and oxygen atoms in total. The van der Waals surface area contributed by atoms with Crippen LogP contribution < -0.4 is 10.5 Å². The van der Waals surface area contributed by atoms with Crippen LogP contribution in [-0.2, 0) is 0 Å². The molecule has 0 atom stereocenters. The Kier molecular flexibility index (Phi) is 3.35. The predicted molar refractivity (Wildman–Crippen MR) is 69.6 cm³/mol. The molecule has 0 saturated carbocycles. The molecule has 18 heavy (non-hydrogen) atoms. The van der Waals surface area contributed by atoms with Gasteiger partial charge >= 0.3 is 0 Å². The molecule has 1 heterocycles. The molecule has 0 aliphatic rings. The van der Waals surface area contributed by atoms with Crippen molar-refractivity contribution in [2.24, 2.45) is 0 Å². The Morgan fingerprint density at radius 3 is 2.83 bits per heavy atom. The molecule has 2 N–H and O–H groups in total. The monoisotopic (exact) mass is 259 g/mol. The number of hydrogen-bond donors (Lipinski definition) is 1. The zero-order valence-corrected chi connectivity index (χ0v) is 10.4. The van der Waals surface area contributed by atoms with Gasteiger partial charge in [0.2, 0.25) is 5.88 Å². The molecule has 5 heteroatoms. The third-order valence-electron chi connectivity index (χ3n) is 2.23. The number of aromatic nitrogens is 1. The topological polar surface area (TPSA) is 71.9 Å². The Labute approximate surface area is 110 Å². The standard InChI is InChI=1S/C13H10ClN3O/c1-8-4-9(7-15)5-13(17-8)18-12-6-10(16)2-3-11(12)14/h2-6H,16H2,1H3. The van der Waals surface area contributed by atoms with E-state index in [1.807, 2.05) is 6.07 Å². The highest BCUT2D eigenvalue weighted by atomic mass is 35.5. The number of ether oxygens (including phenoxy) is 1. The van der Waals surface area contributed by atoms with Crippen LogP contribution in [0, 0.1) is 18.3 Å². The molecule has 0 bridgehead atoms. The van der Waals surface area contributed by atoms with Gasteiger partial charge in [0.15, 0.2) is 0 Å². The summed E-state index contributed by atoms with van der Waals surface area (Å²) in [4.78, 5) is 4.18. The molecule has 0 spiro atoms. The van der Waals surface area contributed by atoms with Crippen molar-refractivity contribution in [3.05, 3.63) is 46.6 Å². The van der Waals surface area contributed by atoms with Crippen molar-refractivity contribution in [3.63, 3.8) is 0 Å². The number of pyridine rings is 1. The van der Waals surface area contributed by atoms with Gasteiger partial charge in [0.25, 0.3) is 0 Å². The van der Waals surface area contributed by atoms with Crippen molar-refractivity contribution in [3.8, 4) is 17.7 Å². The summed E-state index contributed by atoms with van der Waals surface area (Å²) >= 11 is 5.99. The van der Waals surface area contributed by atoms with Crippen LogP contribution in [0.2, 0.25) is 5.02 Å². The number of rotatable bonds is 2. The van der Waals surface area contributed by atoms with E-state index >= 15 is 0 Å². The highest BCUT2D eigenvalue weighted by Gasteiger charge is 2.06. The Morgan fingerprint density at radius 2 is 2.11 bits per heavy atom. The molecule has 1 aromatic carbocycles.